The zero-order valence-corrected chi connectivity index (χ0v) is 13.3. The van der Waals surface area contributed by atoms with Crippen molar-refractivity contribution in [3.8, 4) is 0 Å². The number of nitrogens with zero attached hydrogens (tertiary/aromatic N) is 4. The smallest absolute Gasteiger partial charge is 0.0773 e. The maximum absolute atomic E-state index is 6.68. The maximum atomic E-state index is 6.68. The van der Waals surface area contributed by atoms with Gasteiger partial charge in [-0.2, -0.15) is 0 Å². The number of nitrogens with two attached hydrogens (primary N) is 1. The predicted octanol–water partition coefficient (Wildman–Crippen LogP) is 2.20. The Bertz CT molecular complexity index is 418. The van der Waals surface area contributed by atoms with Gasteiger partial charge in [0.05, 0.1) is 17.9 Å². The molecule has 5 heteroatoms. The van der Waals surface area contributed by atoms with Crippen LogP contribution >= 0.6 is 0 Å². The molecule has 2 N–H and O–H groups in total. The van der Waals surface area contributed by atoms with Gasteiger partial charge in [-0.05, 0) is 52.1 Å². The molecule has 0 bridgehead atoms. The lowest BCUT2D eigenvalue weighted by molar-refractivity contribution is 0.0536. The Labute approximate surface area is 122 Å². The van der Waals surface area contributed by atoms with Crippen molar-refractivity contribution in [2.75, 3.05) is 14.1 Å². The number of aryl methyl sites for hydroxylation is 1. The van der Waals surface area contributed by atoms with Gasteiger partial charge >= 0.3 is 0 Å². The van der Waals surface area contributed by atoms with Crippen molar-refractivity contribution < 1.29 is 0 Å². The third kappa shape index (κ3) is 2.74. The van der Waals surface area contributed by atoms with Crippen molar-refractivity contribution in [2.24, 2.45) is 11.7 Å². The Morgan fingerprint density at radius 2 is 2.10 bits per heavy atom. The third-order valence-corrected chi connectivity index (χ3v) is 5.01. The van der Waals surface area contributed by atoms with Crippen molar-refractivity contribution in [3.05, 3.63) is 11.9 Å². The maximum Gasteiger partial charge on any atom is 0.0773 e. The zero-order valence-electron chi connectivity index (χ0n) is 13.3. The fourth-order valence-corrected chi connectivity index (χ4v) is 3.47. The number of hydrogen-bond donors (Lipinski definition) is 1. The monoisotopic (exact) mass is 279 g/mol. The van der Waals surface area contributed by atoms with E-state index in [1.54, 1.807) is 0 Å². The average Bonchev–Trinajstić information content (AvgIpc) is 2.87. The molecule has 1 atom stereocenters. The van der Waals surface area contributed by atoms with Crippen LogP contribution in [-0.2, 0) is 6.54 Å². The van der Waals surface area contributed by atoms with Gasteiger partial charge in [-0.15, -0.1) is 5.10 Å². The van der Waals surface area contributed by atoms with Gasteiger partial charge in [-0.25, -0.2) is 4.68 Å². The normalized spacial score (nSPS) is 28.8. The van der Waals surface area contributed by atoms with Crippen LogP contribution in [0, 0.1) is 5.92 Å². The topological polar surface area (TPSA) is 60.0 Å². The fraction of sp³-hybridized carbons (Fsp3) is 0.867. The Balaban J connectivity index is 2.27. The van der Waals surface area contributed by atoms with Crippen molar-refractivity contribution >= 4 is 0 Å². The highest BCUT2D eigenvalue weighted by atomic mass is 15.4. The first-order valence-corrected chi connectivity index (χ1v) is 7.82. The molecule has 0 radical (unpaired) electrons. The minimum absolute atomic E-state index is 0.0217. The van der Waals surface area contributed by atoms with Crippen LogP contribution in [0.25, 0.3) is 0 Å². The first kappa shape index (κ1) is 15.4. The summed E-state index contributed by atoms with van der Waals surface area (Å²) in [6.45, 7) is 5.39. The molecule has 1 saturated carbocycles. The molecule has 1 aromatic heterocycles. The Morgan fingerprint density at radius 1 is 1.45 bits per heavy atom. The lowest BCUT2D eigenvalue weighted by Crippen LogP contribution is -2.54. The summed E-state index contributed by atoms with van der Waals surface area (Å²) in [5.41, 5.74) is 7.80. The summed E-state index contributed by atoms with van der Waals surface area (Å²) >= 11 is 0. The van der Waals surface area contributed by atoms with Crippen LogP contribution in [0.3, 0.4) is 0 Å². The van der Waals surface area contributed by atoms with Crippen molar-refractivity contribution in [1.29, 1.82) is 0 Å². The summed E-state index contributed by atoms with van der Waals surface area (Å²) in [6.07, 6.45) is 7.71. The molecule has 5 nitrogen and oxygen atoms in total. The van der Waals surface area contributed by atoms with E-state index < -0.39 is 0 Å². The summed E-state index contributed by atoms with van der Waals surface area (Å²) in [4.78, 5) is 2.33. The predicted molar refractivity (Wildman–Crippen MR) is 81.3 cm³/mol. The molecule has 0 spiro atoms. The van der Waals surface area contributed by atoms with Gasteiger partial charge in [-0.1, -0.05) is 19.1 Å². The Morgan fingerprint density at radius 3 is 2.65 bits per heavy atom. The van der Waals surface area contributed by atoms with Crippen LogP contribution in [0.2, 0.25) is 0 Å². The van der Waals surface area contributed by atoms with Crippen LogP contribution < -0.4 is 5.73 Å². The van der Waals surface area contributed by atoms with Crippen LogP contribution in [-0.4, -0.2) is 39.5 Å². The van der Waals surface area contributed by atoms with E-state index in [-0.39, 0.29) is 11.6 Å². The molecule has 114 valence electrons. The zero-order chi connectivity index (χ0) is 14.8. The second kappa shape index (κ2) is 6.22. The highest BCUT2D eigenvalue weighted by Gasteiger charge is 2.43. The van der Waals surface area contributed by atoms with E-state index in [2.05, 4.69) is 43.2 Å². The van der Waals surface area contributed by atoms with E-state index in [4.69, 9.17) is 5.73 Å². The fourth-order valence-electron chi connectivity index (χ4n) is 3.47. The number of rotatable bonds is 5. The molecule has 1 fully saturated rings. The quantitative estimate of drug-likeness (QED) is 0.897. The largest absolute Gasteiger partial charge is 0.321 e. The summed E-state index contributed by atoms with van der Waals surface area (Å²) in [6, 6.07) is -0.0217. The van der Waals surface area contributed by atoms with Crippen molar-refractivity contribution in [1.82, 2.24) is 19.9 Å². The van der Waals surface area contributed by atoms with Crippen LogP contribution in [0.4, 0.5) is 0 Å². The van der Waals surface area contributed by atoms with E-state index in [0.717, 1.165) is 37.4 Å². The molecule has 1 unspecified atom stereocenters. The molecule has 1 aromatic rings. The second-order valence-electron chi connectivity index (χ2n) is 6.54. The SMILES string of the molecule is CCCn1nncc1C(N)C1(N(C)C)CCC(C)CC1. The van der Waals surface area contributed by atoms with Crippen LogP contribution in [0.1, 0.15) is 57.7 Å². The first-order valence-electron chi connectivity index (χ1n) is 7.82. The third-order valence-electron chi connectivity index (χ3n) is 5.01. The summed E-state index contributed by atoms with van der Waals surface area (Å²) in [5, 5.41) is 8.27. The van der Waals surface area contributed by atoms with Crippen LogP contribution in [0.5, 0.6) is 0 Å². The lowest BCUT2D eigenvalue weighted by atomic mass is 9.71. The number of hydrogen-bond acceptors (Lipinski definition) is 4. The van der Waals surface area contributed by atoms with Gasteiger partial charge in [-0.3, -0.25) is 0 Å². The van der Waals surface area contributed by atoms with Gasteiger partial charge in [0.1, 0.15) is 0 Å². The molecule has 1 heterocycles. The average molecular weight is 279 g/mol. The van der Waals surface area contributed by atoms with E-state index in [9.17, 15) is 0 Å². The highest BCUT2D eigenvalue weighted by molar-refractivity contribution is 5.13. The molecule has 1 aliphatic carbocycles. The second-order valence-corrected chi connectivity index (χ2v) is 6.54. The van der Waals surface area contributed by atoms with Crippen LogP contribution in [0.15, 0.2) is 6.20 Å². The van der Waals surface area contributed by atoms with Gasteiger partial charge in [0.15, 0.2) is 0 Å². The first-order chi connectivity index (χ1) is 9.51. The molecule has 0 aliphatic heterocycles. The molecule has 20 heavy (non-hydrogen) atoms. The van der Waals surface area contributed by atoms with E-state index in [1.807, 2.05) is 10.9 Å². The van der Waals surface area contributed by atoms with Gasteiger partial charge in [0.25, 0.3) is 0 Å². The van der Waals surface area contributed by atoms with E-state index in [0.29, 0.717) is 0 Å². The number of aromatic nitrogens is 3. The van der Waals surface area contributed by atoms with E-state index >= 15 is 0 Å². The standard InChI is InChI=1S/C15H29N5/c1-5-10-20-13(11-17-18-20)14(16)15(19(3)4)8-6-12(2)7-9-15/h11-12,14H,5-10,16H2,1-4H3. The van der Waals surface area contributed by atoms with Crippen molar-refractivity contribution in [3.63, 3.8) is 0 Å². The molecular weight excluding hydrogens is 250 g/mol. The summed E-state index contributed by atoms with van der Waals surface area (Å²) in [5.74, 6) is 0.814. The Kier molecular flexibility index (Phi) is 4.81. The molecule has 0 aromatic carbocycles. The van der Waals surface area contributed by atoms with Gasteiger partial charge < -0.3 is 10.6 Å². The summed E-state index contributed by atoms with van der Waals surface area (Å²) < 4.78 is 1.98. The Hall–Kier alpha value is -0.940. The number of likely N-dealkylation sites (N-methyl/N-ethyl adjacent to an activating group) is 1. The molecule has 1 aliphatic rings. The highest BCUT2D eigenvalue weighted by Crippen LogP contribution is 2.42. The molecular formula is C15H29N5. The van der Waals surface area contributed by atoms with Gasteiger partial charge in [0.2, 0.25) is 0 Å². The molecule has 0 saturated heterocycles. The molecule has 2 rings (SSSR count). The minimum Gasteiger partial charge on any atom is -0.321 e. The van der Waals surface area contributed by atoms with E-state index in [1.165, 1.54) is 12.8 Å². The lowest BCUT2D eigenvalue weighted by Gasteiger charge is -2.48. The minimum atomic E-state index is -0.0217. The summed E-state index contributed by atoms with van der Waals surface area (Å²) in [7, 11) is 4.31. The molecule has 0 amide bonds. The van der Waals surface area contributed by atoms with Gasteiger partial charge in [0, 0.05) is 12.1 Å². The van der Waals surface area contributed by atoms with Crippen molar-refractivity contribution in [2.45, 2.75) is 64.1 Å².